The summed E-state index contributed by atoms with van der Waals surface area (Å²) < 4.78 is 10.9. The Bertz CT molecular complexity index is 818. The lowest BCUT2D eigenvalue weighted by molar-refractivity contribution is -0.144. The van der Waals surface area contributed by atoms with Gasteiger partial charge in [0, 0.05) is 15.8 Å². The molecule has 3 aromatic rings. The molecule has 0 amide bonds. The normalized spacial score (nSPS) is 10.9. The molecule has 0 radical (unpaired) electrons. The molecule has 1 heterocycles. The molecule has 0 aliphatic rings. The second-order valence-corrected chi connectivity index (χ2v) is 6.33. The minimum absolute atomic E-state index is 0.221. The number of carbonyl (C=O) groups is 1. The largest absolute Gasteiger partial charge is 0.464 e. The van der Waals surface area contributed by atoms with Gasteiger partial charge in [0.2, 0.25) is 0 Å². The van der Waals surface area contributed by atoms with Gasteiger partial charge in [-0.15, -0.1) is 11.8 Å². The van der Waals surface area contributed by atoms with E-state index in [1.54, 1.807) is 18.0 Å². The van der Waals surface area contributed by atoms with Gasteiger partial charge in [-0.25, -0.2) is 0 Å². The van der Waals surface area contributed by atoms with E-state index >= 15 is 0 Å². The fourth-order valence-electron chi connectivity index (χ4n) is 2.42. The van der Waals surface area contributed by atoms with Crippen molar-refractivity contribution >= 4 is 28.7 Å². The standard InChI is InChI=1S/C19H18O3S/c1-13-3-8-17-15(12-21-18(17)9-13)10-19(20)22-11-14-4-6-16(23-2)7-5-14/h3-9,12H,10-11H2,1-2H3. The van der Waals surface area contributed by atoms with Gasteiger partial charge in [-0.2, -0.15) is 0 Å². The first-order chi connectivity index (χ1) is 11.2. The molecule has 1 aromatic heterocycles. The third kappa shape index (κ3) is 3.77. The predicted molar refractivity (Wildman–Crippen MR) is 92.7 cm³/mol. The van der Waals surface area contributed by atoms with Gasteiger partial charge in [0.05, 0.1) is 12.7 Å². The van der Waals surface area contributed by atoms with Crippen LogP contribution < -0.4 is 0 Å². The first-order valence-electron chi connectivity index (χ1n) is 7.41. The van der Waals surface area contributed by atoms with Crippen LogP contribution in [-0.2, 0) is 22.6 Å². The Labute approximate surface area is 139 Å². The van der Waals surface area contributed by atoms with Gasteiger partial charge in [-0.05, 0) is 42.5 Å². The summed E-state index contributed by atoms with van der Waals surface area (Å²) in [7, 11) is 0. The van der Waals surface area contributed by atoms with Gasteiger partial charge in [0.25, 0.3) is 0 Å². The number of rotatable bonds is 5. The Hall–Kier alpha value is -2.20. The van der Waals surface area contributed by atoms with Crippen molar-refractivity contribution < 1.29 is 13.9 Å². The molecule has 3 nitrogen and oxygen atoms in total. The molecule has 3 rings (SSSR count). The number of thioether (sulfide) groups is 1. The number of benzene rings is 2. The maximum Gasteiger partial charge on any atom is 0.310 e. The number of furan rings is 1. The quantitative estimate of drug-likeness (QED) is 0.501. The first kappa shape index (κ1) is 15.7. The maximum absolute atomic E-state index is 12.0. The van der Waals surface area contributed by atoms with Crippen LogP contribution in [0.3, 0.4) is 0 Å². The van der Waals surface area contributed by atoms with Gasteiger partial charge in [-0.3, -0.25) is 4.79 Å². The van der Waals surface area contributed by atoms with Crippen molar-refractivity contribution in [3.05, 3.63) is 65.4 Å². The third-order valence-electron chi connectivity index (χ3n) is 3.70. The zero-order valence-electron chi connectivity index (χ0n) is 13.2. The van der Waals surface area contributed by atoms with E-state index in [0.29, 0.717) is 6.61 Å². The molecule has 0 aliphatic heterocycles. The number of hydrogen-bond acceptors (Lipinski definition) is 4. The highest BCUT2D eigenvalue weighted by molar-refractivity contribution is 7.98. The van der Waals surface area contributed by atoms with Crippen LogP contribution in [0, 0.1) is 6.92 Å². The summed E-state index contributed by atoms with van der Waals surface area (Å²) in [4.78, 5) is 13.2. The highest BCUT2D eigenvalue weighted by Crippen LogP contribution is 2.23. The zero-order chi connectivity index (χ0) is 16.2. The van der Waals surface area contributed by atoms with E-state index in [9.17, 15) is 4.79 Å². The van der Waals surface area contributed by atoms with Gasteiger partial charge < -0.3 is 9.15 Å². The van der Waals surface area contributed by atoms with Crippen LogP contribution in [-0.4, -0.2) is 12.2 Å². The van der Waals surface area contributed by atoms with E-state index in [0.717, 1.165) is 27.7 Å². The van der Waals surface area contributed by atoms with Crippen LogP contribution >= 0.6 is 11.8 Å². The van der Waals surface area contributed by atoms with Gasteiger partial charge in [0.1, 0.15) is 12.2 Å². The number of ether oxygens (including phenoxy) is 1. The molecule has 0 unspecified atom stereocenters. The average Bonchev–Trinajstić information content (AvgIpc) is 2.95. The molecule has 0 bridgehead atoms. The van der Waals surface area contributed by atoms with Crippen LogP contribution in [0.5, 0.6) is 0 Å². The molecule has 0 fully saturated rings. The van der Waals surface area contributed by atoms with Crippen LogP contribution in [0.1, 0.15) is 16.7 Å². The lowest BCUT2D eigenvalue weighted by Crippen LogP contribution is -2.07. The molecule has 0 saturated carbocycles. The lowest BCUT2D eigenvalue weighted by atomic mass is 10.1. The summed E-state index contributed by atoms with van der Waals surface area (Å²) in [5.41, 5.74) is 3.79. The van der Waals surface area contributed by atoms with Crippen molar-refractivity contribution in [3.63, 3.8) is 0 Å². The summed E-state index contributed by atoms with van der Waals surface area (Å²) in [5.74, 6) is -0.248. The minimum Gasteiger partial charge on any atom is -0.464 e. The summed E-state index contributed by atoms with van der Waals surface area (Å²) in [6.45, 7) is 2.31. The summed E-state index contributed by atoms with van der Waals surface area (Å²) in [5, 5.41) is 0.969. The number of carbonyl (C=O) groups excluding carboxylic acids is 1. The smallest absolute Gasteiger partial charge is 0.310 e. The Morgan fingerprint density at radius 2 is 1.96 bits per heavy atom. The van der Waals surface area contributed by atoms with Crippen LogP contribution in [0.4, 0.5) is 0 Å². The summed E-state index contributed by atoms with van der Waals surface area (Å²) in [6, 6.07) is 14.0. The number of aryl methyl sites for hydroxylation is 1. The topological polar surface area (TPSA) is 39.4 Å². The molecule has 118 valence electrons. The van der Waals surface area contributed by atoms with Crippen molar-refractivity contribution in [2.24, 2.45) is 0 Å². The number of esters is 1. The molecule has 2 aromatic carbocycles. The van der Waals surface area contributed by atoms with Crippen LogP contribution in [0.2, 0.25) is 0 Å². The molecule has 0 spiro atoms. The molecule has 0 atom stereocenters. The van der Waals surface area contributed by atoms with E-state index in [-0.39, 0.29) is 12.4 Å². The van der Waals surface area contributed by atoms with Crippen molar-refractivity contribution in [2.45, 2.75) is 24.8 Å². The fourth-order valence-corrected chi connectivity index (χ4v) is 2.83. The third-order valence-corrected chi connectivity index (χ3v) is 4.45. The van der Waals surface area contributed by atoms with Crippen molar-refractivity contribution in [3.8, 4) is 0 Å². The number of fused-ring (bicyclic) bond motifs is 1. The van der Waals surface area contributed by atoms with Crippen molar-refractivity contribution in [1.82, 2.24) is 0 Å². The zero-order valence-corrected chi connectivity index (χ0v) is 14.0. The van der Waals surface area contributed by atoms with E-state index in [2.05, 4.69) is 0 Å². The molecule has 0 aliphatic carbocycles. The van der Waals surface area contributed by atoms with E-state index in [4.69, 9.17) is 9.15 Å². The first-order valence-corrected chi connectivity index (χ1v) is 8.63. The Morgan fingerprint density at radius 1 is 1.17 bits per heavy atom. The molecule has 23 heavy (non-hydrogen) atoms. The van der Waals surface area contributed by atoms with E-state index < -0.39 is 0 Å². The van der Waals surface area contributed by atoms with Gasteiger partial charge >= 0.3 is 5.97 Å². The van der Waals surface area contributed by atoms with E-state index in [1.807, 2.05) is 55.6 Å². The molecule has 0 saturated heterocycles. The average molecular weight is 326 g/mol. The second kappa shape index (κ2) is 6.92. The predicted octanol–water partition coefficient (Wildman–Crippen LogP) is 4.75. The molecular formula is C19H18O3S. The summed E-state index contributed by atoms with van der Waals surface area (Å²) >= 11 is 1.69. The molecule has 0 N–H and O–H groups in total. The van der Waals surface area contributed by atoms with Crippen molar-refractivity contribution in [1.29, 1.82) is 0 Å². The summed E-state index contributed by atoms with van der Waals surface area (Å²) in [6.07, 6.45) is 3.89. The van der Waals surface area contributed by atoms with Crippen molar-refractivity contribution in [2.75, 3.05) is 6.26 Å². The Kier molecular flexibility index (Phi) is 4.72. The maximum atomic E-state index is 12.0. The fraction of sp³-hybridized carbons (Fsp3) is 0.211. The minimum atomic E-state index is -0.248. The van der Waals surface area contributed by atoms with Crippen LogP contribution in [0.25, 0.3) is 11.0 Å². The molecule has 4 heteroatoms. The Morgan fingerprint density at radius 3 is 2.70 bits per heavy atom. The lowest BCUT2D eigenvalue weighted by Gasteiger charge is -2.05. The highest BCUT2D eigenvalue weighted by atomic mass is 32.2. The number of hydrogen-bond donors (Lipinski definition) is 0. The second-order valence-electron chi connectivity index (χ2n) is 5.45. The van der Waals surface area contributed by atoms with Gasteiger partial charge in [0.15, 0.2) is 0 Å². The highest BCUT2D eigenvalue weighted by Gasteiger charge is 2.11. The van der Waals surface area contributed by atoms with Gasteiger partial charge in [-0.1, -0.05) is 24.3 Å². The Balaban J connectivity index is 1.62. The monoisotopic (exact) mass is 326 g/mol. The molecular weight excluding hydrogens is 308 g/mol. The van der Waals surface area contributed by atoms with E-state index in [1.165, 1.54) is 4.90 Å². The van der Waals surface area contributed by atoms with Crippen LogP contribution in [0.15, 0.2) is 58.0 Å². The SMILES string of the molecule is CSc1ccc(COC(=O)Cc2coc3cc(C)ccc23)cc1.